The van der Waals surface area contributed by atoms with E-state index in [9.17, 15) is 37.9 Å². The van der Waals surface area contributed by atoms with Crippen molar-refractivity contribution in [3.05, 3.63) is 24.3 Å². The lowest BCUT2D eigenvalue weighted by atomic mass is 10.00. The first kappa shape index (κ1) is 58.1. The Balaban J connectivity index is 2.40. The zero-order chi connectivity index (χ0) is 45.5. The van der Waals surface area contributed by atoms with Crippen molar-refractivity contribution in [3.8, 4) is 0 Å². The summed E-state index contributed by atoms with van der Waals surface area (Å²) in [5.74, 6) is -1.98. The first-order valence-electron chi connectivity index (χ1n) is 24.9. The van der Waals surface area contributed by atoms with Crippen LogP contribution in [-0.4, -0.2) is 96.0 Å². The molecule has 1 heterocycles. The summed E-state index contributed by atoms with van der Waals surface area (Å²) in [5.41, 5.74) is 0. The molecule has 4 N–H and O–H groups in total. The quantitative estimate of drug-likeness (QED) is 0.0197. The molecule has 0 amide bonds. The van der Waals surface area contributed by atoms with Crippen LogP contribution in [0.2, 0.25) is 0 Å². The van der Waals surface area contributed by atoms with E-state index >= 15 is 0 Å². The first-order chi connectivity index (χ1) is 30.0. The van der Waals surface area contributed by atoms with Crippen molar-refractivity contribution in [1.82, 2.24) is 0 Å². The highest BCUT2D eigenvalue weighted by Gasteiger charge is 2.46. The highest BCUT2D eigenvalue weighted by Crippen LogP contribution is 2.24. The van der Waals surface area contributed by atoms with Gasteiger partial charge in [0.1, 0.15) is 36.8 Å². The van der Waals surface area contributed by atoms with Crippen LogP contribution in [0.3, 0.4) is 0 Å². The van der Waals surface area contributed by atoms with E-state index in [1.807, 2.05) is 0 Å². The van der Waals surface area contributed by atoms with E-state index in [0.29, 0.717) is 12.8 Å². The zero-order valence-corrected chi connectivity index (χ0v) is 39.8. The normalized spacial score (nSPS) is 20.0. The Bertz CT molecular complexity index is 1240. The van der Waals surface area contributed by atoms with Gasteiger partial charge in [-0.25, -0.2) is 0 Å². The average molecular weight is 903 g/mol. The van der Waals surface area contributed by atoms with Crippen LogP contribution in [0.4, 0.5) is 0 Å². The van der Waals surface area contributed by atoms with Gasteiger partial charge in [-0.05, 0) is 64.2 Å². The molecule has 0 saturated carbocycles. The molecule has 0 aliphatic carbocycles. The highest BCUT2D eigenvalue weighted by atomic mass is 32.2. The minimum atomic E-state index is -4.60. The van der Waals surface area contributed by atoms with Gasteiger partial charge in [0.2, 0.25) is 0 Å². The third kappa shape index (κ3) is 33.6. The number of hydrogen-bond donors (Lipinski definition) is 4. The van der Waals surface area contributed by atoms with Gasteiger partial charge < -0.3 is 34.3 Å². The number of aliphatic hydroxyl groups excluding tert-OH is 3. The summed E-state index contributed by atoms with van der Waals surface area (Å²) in [4.78, 5) is 25.5. The van der Waals surface area contributed by atoms with Crippen LogP contribution in [0.25, 0.3) is 0 Å². The van der Waals surface area contributed by atoms with Crippen LogP contribution < -0.4 is 0 Å². The number of carbonyl (C=O) groups is 2. The lowest BCUT2D eigenvalue weighted by molar-refractivity contribution is -0.297. The van der Waals surface area contributed by atoms with Gasteiger partial charge in [0.25, 0.3) is 10.1 Å². The topological polar surface area (TPSA) is 186 Å². The summed E-state index contributed by atoms with van der Waals surface area (Å²) in [7, 11) is -4.60. The van der Waals surface area contributed by atoms with Gasteiger partial charge in [-0.2, -0.15) is 8.42 Å². The Hall–Kier alpha value is -1.87. The molecule has 1 fully saturated rings. The minimum absolute atomic E-state index is 0.160. The Morgan fingerprint density at radius 2 is 0.919 bits per heavy atom. The van der Waals surface area contributed by atoms with Gasteiger partial charge in [-0.1, -0.05) is 167 Å². The fraction of sp³-hybridized carbons (Fsp3) is 0.878. The number of hydrogen-bond acceptors (Lipinski definition) is 11. The molecule has 0 radical (unpaired) electrons. The molecule has 62 heavy (non-hydrogen) atoms. The fourth-order valence-electron chi connectivity index (χ4n) is 7.61. The summed E-state index contributed by atoms with van der Waals surface area (Å²) in [6.07, 6.45) is 35.0. The van der Waals surface area contributed by atoms with E-state index in [1.165, 1.54) is 122 Å². The number of carbonyl (C=O) groups excluding carboxylic acids is 2. The molecule has 0 aromatic rings. The smallest absolute Gasteiger partial charge is 0.306 e. The van der Waals surface area contributed by atoms with Crippen molar-refractivity contribution in [1.29, 1.82) is 0 Å². The zero-order valence-electron chi connectivity index (χ0n) is 39.0. The second-order valence-electron chi connectivity index (χ2n) is 17.5. The predicted octanol–water partition coefficient (Wildman–Crippen LogP) is 10.8. The molecular weight excluding hydrogens is 813 g/mol. The maximum Gasteiger partial charge on any atom is 0.306 e. The van der Waals surface area contributed by atoms with E-state index in [-0.39, 0.29) is 19.4 Å². The molecule has 1 rings (SSSR count). The third-order valence-corrected chi connectivity index (χ3v) is 12.3. The number of rotatable bonds is 42. The molecule has 2 unspecified atom stereocenters. The van der Waals surface area contributed by atoms with Crippen LogP contribution in [0.15, 0.2) is 24.3 Å². The van der Waals surface area contributed by atoms with Crippen molar-refractivity contribution in [2.45, 2.75) is 256 Å². The maximum atomic E-state index is 12.8. The number of aliphatic hydroxyl groups is 3. The van der Waals surface area contributed by atoms with E-state index < -0.39 is 71.2 Å². The standard InChI is InChI=1S/C49H90O12S/c1-3-5-7-9-11-13-15-17-19-21-23-25-27-29-31-33-35-37-44(50)58-39-42(40-59-49-48(54)47(53)46(52)43(61-49)41-62(55,56)57)60-45(51)38-36-34-32-30-28-26-24-22-20-18-16-14-12-10-8-6-4-2/h17-20,42-43,46-49,52-54H,3-16,21-41H2,1-2H3,(H,55,56,57)/b19-17+,20-18+/t42-,43-,46-,47?,48?,49+/m1/s1. The van der Waals surface area contributed by atoms with Gasteiger partial charge >= 0.3 is 11.9 Å². The van der Waals surface area contributed by atoms with Crippen molar-refractivity contribution in [2.75, 3.05) is 19.0 Å². The van der Waals surface area contributed by atoms with Crippen LogP contribution in [0, 0.1) is 0 Å². The molecule has 364 valence electrons. The molecular formula is C49H90O12S. The molecule has 0 aromatic carbocycles. The molecule has 6 atom stereocenters. The number of allylic oxidation sites excluding steroid dienone is 4. The molecule has 0 bridgehead atoms. The molecule has 13 heteroatoms. The summed E-state index contributed by atoms with van der Waals surface area (Å²) < 4.78 is 54.2. The number of unbranched alkanes of at least 4 members (excludes halogenated alkanes) is 26. The van der Waals surface area contributed by atoms with E-state index in [4.69, 9.17) is 18.9 Å². The van der Waals surface area contributed by atoms with Crippen LogP contribution in [-0.2, 0) is 38.7 Å². The van der Waals surface area contributed by atoms with Crippen molar-refractivity contribution >= 4 is 22.1 Å². The minimum Gasteiger partial charge on any atom is -0.462 e. The average Bonchev–Trinajstić information content (AvgIpc) is 3.24. The van der Waals surface area contributed by atoms with E-state index in [0.717, 1.165) is 57.8 Å². The number of esters is 2. The van der Waals surface area contributed by atoms with Crippen LogP contribution >= 0.6 is 0 Å². The fourth-order valence-corrected chi connectivity index (χ4v) is 8.30. The Morgan fingerprint density at radius 1 is 0.532 bits per heavy atom. The lowest BCUT2D eigenvalue weighted by Crippen LogP contribution is -2.60. The van der Waals surface area contributed by atoms with Gasteiger partial charge in [0.05, 0.1) is 6.61 Å². The molecule has 1 aliphatic rings. The van der Waals surface area contributed by atoms with Crippen LogP contribution in [0.5, 0.6) is 0 Å². The summed E-state index contributed by atoms with van der Waals surface area (Å²) in [6.45, 7) is 3.77. The largest absolute Gasteiger partial charge is 0.462 e. The van der Waals surface area contributed by atoms with Gasteiger partial charge in [-0.15, -0.1) is 0 Å². The second-order valence-corrected chi connectivity index (χ2v) is 19.0. The van der Waals surface area contributed by atoms with Gasteiger partial charge in [0, 0.05) is 12.8 Å². The first-order valence-corrected chi connectivity index (χ1v) is 26.5. The Morgan fingerprint density at radius 3 is 1.34 bits per heavy atom. The molecule has 0 aromatic heterocycles. The number of ether oxygens (including phenoxy) is 4. The lowest BCUT2D eigenvalue weighted by Gasteiger charge is -2.40. The SMILES string of the molecule is CCCCCCCC/C=C/CCCCCCCCCC(=O)OC[C@H](CO[C@H]1O[C@H](CS(=O)(=O)O)[C@@H](O)C(O)C1O)OC(=O)CCCCCCCCC/C=C/CCCCCCCC. The molecule has 12 nitrogen and oxygen atoms in total. The van der Waals surface area contributed by atoms with Crippen molar-refractivity contribution in [2.24, 2.45) is 0 Å². The summed E-state index contributed by atoms with van der Waals surface area (Å²) in [6, 6.07) is 0. The molecule has 1 saturated heterocycles. The van der Waals surface area contributed by atoms with Crippen molar-refractivity contribution in [3.63, 3.8) is 0 Å². The molecule has 0 spiro atoms. The third-order valence-electron chi connectivity index (χ3n) is 11.5. The van der Waals surface area contributed by atoms with Gasteiger partial charge in [-0.3, -0.25) is 14.1 Å². The predicted molar refractivity (Wildman–Crippen MR) is 247 cm³/mol. The highest BCUT2D eigenvalue weighted by molar-refractivity contribution is 7.85. The van der Waals surface area contributed by atoms with Crippen LogP contribution in [0.1, 0.15) is 219 Å². The summed E-state index contributed by atoms with van der Waals surface area (Å²) >= 11 is 0. The summed E-state index contributed by atoms with van der Waals surface area (Å²) in [5, 5.41) is 30.9. The Kier molecular flexibility index (Phi) is 37.0. The second kappa shape index (κ2) is 39.5. The Labute approximate surface area is 377 Å². The van der Waals surface area contributed by atoms with E-state index in [1.54, 1.807) is 0 Å². The van der Waals surface area contributed by atoms with Crippen molar-refractivity contribution < 1.29 is 56.8 Å². The van der Waals surface area contributed by atoms with Gasteiger partial charge in [0.15, 0.2) is 12.4 Å². The van der Waals surface area contributed by atoms with E-state index in [2.05, 4.69) is 38.2 Å². The maximum absolute atomic E-state index is 12.8. The molecule has 1 aliphatic heterocycles. The monoisotopic (exact) mass is 903 g/mol.